The number of hydrogen-bond donors (Lipinski definition) is 0. The van der Waals surface area contributed by atoms with Crippen molar-refractivity contribution >= 4 is 82.1 Å². The second-order valence-corrected chi connectivity index (χ2v) is 18.2. The molecule has 3 nitrogen and oxygen atoms in total. The predicted octanol–water partition coefficient (Wildman–Crippen LogP) is 17.8. The van der Waals surface area contributed by atoms with Crippen LogP contribution in [-0.4, -0.2) is 0 Å². The molecule has 68 heavy (non-hydrogen) atoms. The average molecular weight is 866 g/mol. The van der Waals surface area contributed by atoms with E-state index in [1.807, 2.05) is 6.07 Å². The van der Waals surface area contributed by atoms with Crippen LogP contribution in [0.25, 0.3) is 87.3 Å². The molecule has 0 N–H and O–H groups in total. The van der Waals surface area contributed by atoms with Crippen LogP contribution in [-0.2, 0) is 5.41 Å². The Morgan fingerprint density at radius 2 is 0.765 bits per heavy atom. The summed E-state index contributed by atoms with van der Waals surface area (Å²) in [5, 5.41) is 11.6. The monoisotopic (exact) mass is 865 g/mol. The zero-order valence-electron chi connectivity index (χ0n) is 36.8. The highest BCUT2D eigenvalue weighted by Crippen LogP contribution is 2.68. The Bertz CT molecular complexity index is 4130. The maximum absolute atomic E-state index is 7.64. The van der Waals surface area contributed by atoms with Crippen LogP contribution >= 0.6 is 0 Å². The Kier molecular flexibility index (Phi) is 7.71. The van der Waals surface area contributed by atoms with E-state index < -0.39 is 5.41 Å². The summed E-state index contributed by atoms with van der Waals surface area (Å²) in [6.07, 6.45) is 0. The zero-order chi connectivity index (χ0) is 44.5. The Balaban J connectivity index is 1.10. The molecule has 0 radical (unpaired) electrons. The average Bonchev–Trinajstić information content (AvgIpc) is 3.94. The number of fused-ring (bicyclic) bond motifs is 22. The number of nitrogens with zero attached hydrogens (tertiary/aromatic N) is 1. The van der Waals surface area contributed by atoms with E-state index in [1.54, 1.807) is 0 Å². The Morgan fingerprint density at radius 3 is 1.44 bits per heavy atom. The number of benzene rings is 12. The van der Waals surface area contributed by atoms with Crippen molar-refractivity contribution in [2.45, 2.75) is 5.41 Å². The van der Waals surface area contributed by atoms with Gasteiger partial charge in [0.15, 0.2) is 5.58 Å². The van der Waals surface area contributed by atoms with E-state index in [1.165, 1.54) is 65.7 Å². The lowest BCUT2D eigenvalue weighted by atomic mass is 9.63. The summed E-state index contributed by atoms with van der Waals surface area (Å²) in [7, 11) is 0. The number of hydrogen-bond acceptors (Lipinski definition) is 3. The van der Waals surface area contributed by atoms with E-state index >= 15 is 0 Å². The first-order valence-corrected chi connectivity index (χ1v) is 23.4. The van der Waals surface area contributed by atoms with Crippen LogP contribution in [0.5, 0.6) is 11.5 Å². The highest BCUT2D eigenvalue weighted by Gasteiger charge is 2.54. The molecule has 13 aromatic rings. The van der Waals surface area contributed by atoms with Crippen LogP contribution in [0.15, 0.2) is 241 Å². The van der Waals surface area contributed by atoms with Gasteiger partial charge in [-0.05, 0) is 90.5 Å². The van der Waals surface area contributed by atoms with Crippen LogP contribution < -0.4 is 9.64 Å². The number of para-hydroxylation sites is 4. The molecule has 0 bridgehead atoms. The number of furan rings is 1. The number of ether oxygens (including phenoxy) is 1. The minimum atomic E-state index is -0.786. The summed E-state index contributed by atoms with van der Waals surface area (Å²) in [6.45, 7) is 0. The predicted molar refractivity (Wildman–Crippen MR) is 281 cm³/mol. The van der Waals surface area contributed by atoms with Crippen molar-refractivity contribution in [3.05, 3.63) is 259 Å². The van der Waals surface area contributed by atoms with Crippen molar-refractivity contribution in [2.75, 3.05) is 4.90 Å². The van der Waals surface area contributed by atoms with Gasteiger partial charge in [0.05, 0.1) is 16.8 Å². The maximum Gasteiger partial charge on any atom is 0.159 e. The topological polar surface area (TPSA) is 25.6 Å². The minimum Gasteiger partial charge on any atom is -0.455 e. The standard InChI is InChI=1S/C65H39NO2/c1-2-20-40(21-3-1)66(57-38-19-34-52-46-27-14-17-39-58(46)67-62(52)57)56-37-16-13-26-45(56)47-33-18-36-55-59(47)53-32-12-15-35-54(53)65(55)60-48-28-8-4-22-41(48)43-24-6-10-30-50(43)63(60)68-64-51-31-11-7-25-44(51)42-23-5-9-29-49(42)61(64)65/h1-39H. The lowest BCUT2D eigenvalue weighted by Gasteiger charge is -2.42. The summed E-state index contributed by atoms with van der Waals surface area (Å²) in [5.74, 6) is 1.82. The van der Waals surface area contributed by atoms with Crippen molar-refractivity contribution in [3.63, 3.8) is 0 Å². The molecule has 0 atom stereocenters. The molecule has 0 saturated carbocycles. The first-order chi connectivity index (χ1) is 33.8. The molecule has 1 aromatic heterocycles. The van der Waals surface area contributed by atoms with Gasteiger partial charge in [0.1, 0.15) is 17.1 Å². The molecular weight excluding hydrogens is 827 g/mol. The molecule has 3 heteroatoms. The van der Waals surface area contributed by atoms with Gasteiger partial charge in [0.25, 0.3) is 0 Å². The Labute approximate surface area is 392 Å². The fourth-order valence-electron chi connectivity index (χ4n) is 12.3. The highest BCUT2D eigenvalue weighted by molar-refractivity contribution is 6.20. The van der Waals surface area contributed by atoms with Gasteiger partial charge in [-0.25, -0.2) is 0 Å². The van der Waals surface area contributed by atoms with Crippen LogP contribution in [0.3, 0.4) is 0 Å². The van der Waals surface area contributed by atoms with Crippen LogP contribution in [0.4, 0.5) is 17.1 Å². The van der Waals surface area contributed by atoms with E-state index in [-0.39, 0.29) is 0 Å². The molecule has 2 aliphatic rings. The molecule has 0 fully saturated rings. The van der Waals surface area contributed by atoms with Crippen LogP contribution in [0, 0.1) is 0 Å². The molecule has 2 heterocycles. The minimum absolute atomic E-state index is 0.786. The third-order valence-corrected chi connectivity index (χ3v) is 14.9. The summed E-state index contributed by atoms with van der Waals surface area (Å²) in [6, 6.07) is 86.1. The largest absolute Gasteiger partial charge is 0.455 e. The van der Waals surface area contributed by atoms with Gasteiger partial charge in [0, 0.05) is 43.9 Å². The van der Waals surface area contributed by atoms with Crippen molar-refractivity contribution in [2.24, 2.45) is 0 Å². The van der Waals surface area contributed by atoms with E-state index in [0.29, 0.717) is 0 Å². The van der Waals surface area contributed by atoms with Crippen molar-refractivity contribution in [3.8, 4) is 33.8 Å². The molecule has 0 unspecified atom stereocenters. The summed E-state index contributed by atoms with van der Waals surface area (Å²) >= 11 is 0. The normalized spacial score (nSPS) is 13.2. The first-order valence-electron chi connectivity index (χ1n) is 23.4. The van der Waals surface area contributed by atoms with Gasteiger partial charge >= 0.3 is 0 Å². The fraction of sp³-hybridized carbons (Fsp3) is 0.0154. The first kappa shape index (κ1) is 37.3. The van der Waals surface area contributed by atoms with Gasteiger partial charge in [-0.2, -0.15) is 0 Å². The van der Waals surface area contributed by atoms with E-state index in [4.69, 9.17) is 9.15 Å². The fourth-order valence-corrected chi connectivity index (χ4v) is 12.3. The molecule has 0 amide bonds. The quantitative estimate of drug-likeness (QED) is 0.165. The molecule has 316 valence electrons. The number of rotatable bonds is 4. The third-order valence-electron chi connectivity index (χ3n) is 14.9. The Morgan fingerprint density at radius 1 is 0.309 bits per heavy atom. The SMILES string of the molecule is c1ccc(N(c2ccccc2-c2cccc3c2-c2ccccc2C32c3c(c4ccccc4c4ccccc34)Oc3c2c2ccccc2c2ccccc32)c2cccc3c2oc2ccccc23)cc1. The van der Waals surface area contributed by atoms with Gasteiger partial charge in [0.2, 0.25) is 0 Å². The third kappa shape index (κ3) is 4.87. The molecule has 1 spiro atoms. The van der Waals surface area contributed by atoms with Crippen molar-refractivity contribution < 1.29 is 9.15 Å². The van der Waals surface area contributed by atoms with Gasteiger partial charge in [-0.15, -0.1) is 0 Å². The van der Waals surface area contributed by atoms with Gasteiger partial charge in [-0.3, -0.25) is 0 Å². The summed E-state index contributed by atoms with van der Waals surface area (Å²) in [4.78, 5) is 2.38. The highest BCUT2D eigenvalue weighted by atomic mass is 16.5. The Hall–Kier alpha value is -8.92. The maximum atomic E-state index is 7.64. The van der Waals surface area contributed by atoms with Crippen LogP contribution in [0.1, 0.15) is 22.3 Å². The summed E-state index contributed by atoms with van der Waals surface area (Å²) < 4.78 is 14.4. The molecular formula is C65H39NO2. The van der Waals surface area contributed by atoms with E-state index in [9.17, 15) is 0 Å². The molecule has 0 saturated heterocycles. The van der Waals surface area contributed by atoms with Gasteiger partial charge < -0.3 is 14.1 Å². The smallest absolute Gasteiger partial charge is 0.159 e. The summed E-state index contributed by atoms with van der Waals surface area (Å²) in [5.41, 5.74) is 13.6. The zero-order valence-corrected chi connectivity index (χ0v) is 36.8. The molecule has 12 aromatic carbocycles. The van der Waals surface area contributed by atoms with Crippen LogP contribution in [0.2, 0.25) is 0 Å². The molecule has 1 aliphatic carbocycles. The molecule has 15 rings (SSSR count). The second-order valence-electron chi connectivity index (χ2n) is 18.2. The van der Waals surface area contributed by atoms with Gasteiger partial charge in [-0.1, -0.05) is 206 Å². The lowest BCUT2D eigenvalue weighted by molar-refractivity contribution is 0.451. The van der Waals surface area contributed by atoms with Crippen molar-refractivity contribution in [1.29, 1.82) is 0 Å². The van der Waals surface area contributed by atoms with Crippen molar-refractivity contribution in [1.82, 2.24) is 0 Å². The number of anilines is 3. The molecule has 1 aliphatic heterocycles. The van der Waals surface area contributed by atoms with E-state index in [2.05, 4.69) is 235 Å². The van der Waals surface area contributed by atoms with E-state index in [0.717, 1.165) is 72.4 Å². The second kappa shape index (κ2) is 14.0. The lowest BCUT2D eigenvalue weighted by Crippen LogP contribution is -2.33.